The van der Waals surface area contributed by atoms with Crippen molar-refractivity contribution >= 4 is 16.1 Å². The molecule has 2 aromatic carbocycles. The standard InChI is InChI=1S/C11H15NO3.C7H8O3S/c1-8(13)10(12)11(14)15-7-9-5-3-2-4-6-9;1-6-2-4-7(5-3-6)11(8,9)10/h2-6,8,10,13H,7,12H2,1H3;2-5H,1H3,(H,8,9,10). The molecule has 0 amide bonds. The Labute approximate surface area is 153 Å². The van der Waals surface area contributed by atoms with Crippen molar-refractivity contribution in [1.29, 1.82) is 0 Å². The Morgan fingerprint density at radius 2 is 1.65 bits per heavy atom. The van der Waals surface area contributed by atoms with E-state index in [2.05, 4.69) is 0 Å². The van der Waals surface area contributed by atoms with E-state index in [4.69, 9.17) is 20.1 Å². The quantitative estimate of drug-likeness (QED) is 0.531. The van der Waals surface area contributed by atoms with Gasteiger partial charge in [-0.05, 0) is 31.5 Å². The number of carbonyl (C=O) groups excluding carboxylic acids is 1. The van der Waals surface area contributed by atoms with Crippen LogP contribution in [0.1, 0.15) is 18.1 Å². The first kappa shape index (κ1) is 21.8. The molecule has 2 unspecified atom stereocenters. The molecule has 142 valence electrons. The number of benzene rings is 2. The summed E-state index contributed by atoms with van der Waals surface area (Å²) in [7, 11) is -4.02. The number of rotatable bonds is 5. The van der Waals surface area contributed by atoms with Crippen LogP contribution in [0.3, 0.4) is 0 Å². The van der Waals surface area contributed by atoms with Crippen LogP contribution >= 0.6 is 0 Å². The Bertz CT molecular complexity index is 788. The number of carbonyl (C=O) groups is 1. The van der Waals surface area contributed by atoms with Crippen LogP contribution < -0.4 is 5.73 Å². The van der Waals surface area contributed by atoms with Crippen LogP contribution in [0.25, 0.3) is 0 Å². The van der Waals surface area contributed by atoms with Crippen molar-refractivity contribution in [3.05, 3.63) is 65.7 Å². The smallest absolute Gasteiger partial charge is 0.325 e. The van der Waals surface area contributed by atoms with Crippen molar-refractivity contribution < 1.29 is 27.6 Å². The fourth-order valence-electron chi connectivity index (χ4n) is 1.73. The molecule has 0 heterocycles. The number of ether oxygens (including phenoxy) is 1. The van der Waals surface area contributed by atoms with Gasteiger partial charge in [0.25, 0.3) is 10.1 Å². The van der Waals surface area contributed by atoms with Gasteiger partial charge in [0.15, 0.2) is 0 Å². The fourth-order valence-corrected chi connectivity index (χ4v) is 2.21. The van der Waals surface area contributed by atoms with Crippen molar-refractivity contribution in [2.75, 3.05) is 0 Å². The van der Waals surface area contributed by atoms with Crippen LogP contribution in [-0.4, -0.2) is 36.2 Å². The van der Waals surface area contributed by atoms with Gasteiger partial charge >= 0.3 is 5.97 Å². The highest BCUT2D eigenvalue weighted by molar-refractivity contribution is 7.85. The van der Waals surface area contributed by atoms with Crippen molar-refractivity contribution in [3.8, 4) is 0 Å². The Morgan fingerprint density at radius 3 is 2.12 bits per heavy atom. The normalized spacial score (nSPS) is 13.1. The monoisotopic (exact) mass is 381 g/mol. The third-order valence-corrected chi connectivity index (χ3v) is 4.20. The predicted octanol–water partition coefficient (Wildman–Crippen LogP) is 1.68. The molecular formula is C18H23NO6S. The van der Waals surface area contributed by atoms with Crippen molar-refractivity contribution in [3.63, 3.8) is 0 Å². The molecule has 2 aromatic rings. The molecule has 0 saturated carbocycles. The maximum absolute atomic E-state index is 11.3. The second kappa shape index (κ2) is 10.0. The third-order valence-electron chi connectivity index (χ3n) is 3.33. The zero-order valence-electron chi connectivity index (χ0n) is 14.6. The number of aryl methyl sites for hydroxylation is 1. The summed E-state index contributed by atoms with van der Waals surface area (Å²) < 4.78 is 34.5. The van der Waals surface area contributed by atoms with Gasteiger partial charge in [-0.25, -0.2) is 0 Å². The zero-order valence-corrected chi connectivity index (χ0v) is 15.4. The number of hydrogen-bond donors (Lipinski definition) is 3. The lowest BCUT2D eigenvalue weighted by Crippen LogP contribution is -2.41. The SMILES string of the molecule is CC(O)C(N)C(=O)OCc1ccccc1.Cc1ccc(S(=O)(=O)O)cc1. The first-order valence-electron chi connectivity index (χ1n) is 7.79. The van der Waals surface area contributed by atoms with Gasteiger partial charge in [0, 0.05) is 0 Å². The fraction of sp³-hybridized carbons (Fsp3) is 0.278. The number of aliphatic hydroxyl groups excluding tert-OH is 1. The van der Waals surface area contributed by atoms with E-state index < -0.39 is 28.2 Å². The molecule has 0 aliphatic heterocycles. The van der Waals surface area contributed by atoms with Gasteiger partial charge in [0.1, 0.15) is 12.6 Å². The zero-order chi connectivity index (χ0) is 19.7. The van der Waals surface area contributed by atoms with E-state index in [1.54, 1.807) is 12.1 Å². The van der Waals surface area contributed by atoms with E-state index in [1.165, 1.54) is 19.1 Å². The van der Waals surface area contributed by atoms with Crippen LogP contribution in [-0.2, 0) is 26.3 Å². The van der Waals surface area contributed by atoms with Gasteiger partial charge in [-0.15, -0.1) is 0 Å². The van der Waals surface area contributed by atoms with E-state index >= 15 is 0 Å². The van der Waals surface area contributed by atoms with Gasteiger partial charge in [0.2, 0.25) is 0 Å². The summed E-state index contributed by atoms with van der Waals surface area (Å²) in [6.07, 6.45) is -0.895. The van der Waals surface area contributed by atoms with E-state index in [0.717, 1.165) is 11.1 Å². The summed E-state index contributed by atoms with van der Waals surface area (Å²) >= 11 is 0. The molecule has 2 atom stereocenters. The summed E-state index contributed by atoms with van der Waals surface area (Å²) in [5.41, 5.74) is 7.25. The Morgan fingerprint density at radius 1 is 1.12 bits per heavy atom. The highest BCUT2D eigenvalue weighted by Crippen LogP contribution is 2.08. The van der Waals surface area contributed by atoms with Crippen LogP contribution in [0, 0.1) is 6.92 Å². The Hall–Kier alpha value is -2.26. The average molecular weight is 381 g/mol. The summed E-state index contributed by atoms with van der Waals surface area (Å²) in [5, 5.41) is 9.06. The topological polar surface area (TPSA) is 127 Å². The predicted molar refractivity (Wildman–Crippen MR) is 96.9 cm³/mol. The first-order valence-corrected chi connectivity index (χ1v) is 9.23. The molecular weight excluding hydrogens is 358 g/mol. The molecule has 26 heavy (non-hydrogen) atoms. The third kappa shape index (κ3) is 7.75. The number of nitrogens with two attached hydrogens (primary N) is 1. The van der Waals surface area contributed by atoms with Gasteiger partial charge < -0.3 is 15.6 Å². The number of hydrogen-bond acceptors (Lipinski definition) is 6. The van der Waals surface area contributed by atoms with Gasteiger partial charge in [0.05, 0.1) is 11.0 Å². The molecule has 0 bridgehead atoms. The van der Waals surface area contributed by atoms with Gasteiger partial charge in [-0.3, -0.25) is 9.35 Å². The van der Waals surface area contributed by atoms with E-state index in [1.807, 2.05) is 37.3 Å². The lowest BCUT2D eigenvalue weighted by molar-refractivity contribution is -0.149. The maximum atomic E-state index is 11.3. The molecule has 0 aliphatic rings. The maximum Gasteiger partial charge on any atom is 0.325 e. The number of aliphatic hydroxyl groups is 1. The Balaban J connectivity index is 0.000000273. The molecule has 7 nitrogen and oxygen atoms in total. The molecule has 8 heteroatoms. The van der Waals surface area contributed by atoms with Crippen molar-refractivity contribution in [2.45, 2.75) is 37.5 Å². The van der Waals surface area contributed by atoms with Gasteiger partial charge in [-0.2, -0.15) is 8.42 Å². The second-order valence-electron chi connectivity index (χ2n) is 5.65. The minimum Gasteiger partial charge on any atom is -0.460 e. The molecule has 2 rings (SSSR count). The van der Waals surface area contributed by atoms with Crippen LogP contribution in [0.2, 0.25) is 0 Å². The minimum atomic E-state index is -4.02. The van der Waals surface area contributed by atoms with Crippen molar-refractivity contribution in [1.82, 2.24) is 0 Å². The highest BCUT2D eigenvalue weighted by atomic mass is 32.2. The molecule has 0 saturated heterocycles. The lowest BCUT2D eigenvalue weighted by atomic mass is 10.2. The van der Waals surface area contributed by atoms with Crippen LogP contribution in [0.4, 0.5) is 0 Å². The summed E-state index contributed by atoms with van der Waals surface area (Å²) in [5.74, 6) is -0.589. The molecule has 0 aliphatic carbocycles. The summed E-state index contributed by atoms with van der Waals surface area (Å²) in [6, 6.07) is 14.3. The molecule has 0 fully saturated rings. The van der Waals surface area contributed by atoms with E-state index in [0.29, 0.717) is 0 Å². The largest absolute Gasteiger partial charge is 0.460 e. The van der Waals surface area contributed by atoms with E-state index in [9.17, 15) is 13.2 Å². The lowest BCUT2D eigenvalue weighted by Gasteiger charge is -2.13. The molecule has 0 aromatic heterocycles. The van der Waals surface area contributed by atoms with Crippen LogP contribution in [0.5, 0.6) is 0 Å². The average Bonchev–Trinajstić information content (AvgIpc) is 2.60. The van der Waals surface area contributed by atoms with E-state index in [-0.39, 0.29) is 11.5 Å². The second-order valence-corrected chi connectivity index (χ2v) is 7.07. The molecule has 4 N–H and O–H groups in total. The summed E-state index contributed by atoms with van der Waals surface area (Å²) in [6.45, 7) is 3.47. The van der Waals surface area contributed by atoms with Crippen LogP contribution in [0.15, 0.2) is 59.5 Å². The molecule has 0 radical (unpaired) electrons. The molecule has 0 spiro atoms. The van der Waals surface area contributed by atoms with Crippen molar-refractivity contribution in [2.24, 2.45) is 5.73 Å². The first-order chi connectivity index (χ1) is 12.1. The minimum absolute atomic E-state index is 0.0666. The Kier molecular flexibility index (Phi) is 8.40. The summed E-state index contributed by atoms with van der Waals surface area (Å²) in [4.78, 5) is 11.2. The highest BCUT2D eigenvalue weighted by Gasteiger charge is 2.20. The number of esters is 1. The van der Waals surface area contributed by atoms with Gasteiger partial charge in [-0.1, -0.05) is 48.0 Å².